The molecule has 1 fully saturated rings. The molecule has 2 aromatic heterocycles. The molecule has 0 spiro atoms. The minimum atomic E-state index is 0.805. The SMILES string of the molecule is ClC1=CCC=C(C(=C2CCN(CCCCCc3cnc[nH]3)CC2)c2ccccn2)C=C1. The number of nitrogens with zero attached hydrogens (tertiary/aromatic N) is 3. The number of rotatable bonds is 8. The molecule has 0 bridgehead atoms. The van der Waals surface area contributed by atoms with Crippen molar-refractivity contribution in [1.82, 2.24) is 19.9 Å². The van der Waals surface area contributed by atoms with E-state index in [1.54, 1.807) is 6.33 Å². The summed E-state index contributed by atoms with van der Waals surface area (Å²) in [6, 6.07) is 6.19. The predicted molar refractivity (Wildman–Crippen MR) is 129 cm³/mol. The first-order valence-electron chi connectivity index (χ1n) is 11.4. The number of nitrogens with one attached hydrogen (secondary N) is 1. The molecule has 0 unspecified atom stereocenters. The Morgan fingerprint density at radius 2 is 1.97 bits per heavy atom. The van der Waals surface area contributed by atoms with Crippen LogP contribution in [0.2, 0.25) is 0 Å². The van der Waals surface area contributed by atoms with Crippen LogP contribution in [-0.2, 0) is 6.42 Å². The second-order valence-corrected chi connectivity index (χ2v) is 8.68. The van der Waals surface area contributed by atoms with Crippen molar-refractivity contribution >= 4 is 17.2 Å². The average Bonchev–Trinajstić information content (AvgIpc) is 3.23. The zero-order valence-corrected chi connectivity index (χ0v) is 18.8. The molecule has 0 radical (unpaired) electrons. The molecule has 1 N–H and O–H groups in total. The molecule has 0 amide bonds. The number of hydrogen-bond acceptors (Lipinski definition) is 3. The molecule has 4 rings (SSSR count). The number of aryl methyl sites for hydroxylation is 1. The molecule has 31 heavy (non-hydrogen) atoms. The number of aromatic amines is 1. The Morgan fingerprint density at radius 3 is 2.74 bits per heavy atom. The highest BCUT2D eigenvalue weighted by atomic mass is 35.5. The Morgan fingerprint density at radius 1 is 1.06 bits per heavy atom. The fraction of sp³-hybridized carbons (Fsp3) is 0.385. The van der Waals surface area contributed by atoms with Gasteiger partial charge in [0.1, 0.15) is 0 Å². The third kappa shape index (κ3) is 6.28. The van der Waals surface area contributed by atoms with E-state index >= 15 is 0 Å². The van der Waals surface area contributed by atoms with E-state index in [0.29, 0.717) is 0 Å². The summed E-state index contributed by atoms with van der Waals surface area (Å²) < 4.78 is 0. The first-order valence-corrected chi connectivity index (χ1v) is 11.7. The summed E-state index contributed by atoms with van der Waals surface area (Å²) in [5.41, 5.74) is 6.37. The van der Waals surface area contributed by atoms with Crippen LogP contribution in [-0.4, -0.2) is 39.5 Å². The molecule has 5 heteroatoms. The van der Waals surface area contributed by atoms with Gasteiger partial charge in [0.25, 0.3) is 0 Å². The normalized spacial score (nSPS) is 17.3. The van der Waals surface area contributed by atoms with Crippen molar-refractivity contribution in [2.24, 2.45) is 0 Å². The van der Waals surface area contributed by atoms with Gasteiger partial charge in [-0.25, -0.2) is 4.98 Å². The van der Waals surface area contributed by atoms with Gasteiger partial charge in [-0.3, -0.25) is 4.98 Å². The van der Waals surface area contributed by atoms with Crippen LogP contribution in [0.1, 0.15) is 49.9 Å². The van der Waals surface area contributed by atoms with Crippen molar-refractivity contribution in [1.29, 1.82) is 0 Å². The minimum Gasteiger partial charge on any atom is -0.348 e. The lowest BCUT2D eigenvalue weighted by molar-refractivity contribution is 0.251. The number of halogens is 1. The van der Waals surface area contributed by atoms with Crippen molar-refractivity contribution in [2.45, 2.75) is 44.9 Å². The van der Waals surface area contributed by atoms with Gasteiger partial charge in [0.15, 0.2) is 0 Å². The van der Waals surface area contributed by atoms with Gasteiger partial charge in [0, 0.05) is 41.8 Å². The van der Waals surface area contributed by atoms with Gasteiger partial charge in [0.05, 0.1) is 12.0 Å². The summed E-state index contributed by atoms with van der Waals surface area (Å²) in [6.45, 7) is 3.45. The quantitative estimate of drug-likeness (QED) is 0.512. The Kier molecular flexibility index (Phi) is 7.92. The molecule has 0 atom stereocenters. The highest BCUT2D eigenvalue weighted by Crippen LogP contribution is 2.33. The van der Waals surface area contributed by atoms with E-state index in [2.05, 4.69) is 50.2 Å². The number of pyridine rings is 1. The minimum absolute atomic E-state index is 0.805. The molecular weight excluding hydrogens is 404 g/mol. The lowest BCUT2D eigenvalue weighted by Crippen LogP contribution is -2.32. The molecule has 1 saturated heterocycles. The summed E-state index contributed by atoms with van der Waals surface area (Å²) in [5.74, 6) is 0. The van der Waals surface area contributed by atoms with E-state index in [0.717, 1.165) is 49.5 Å². The van der Waals surface area contributed by atoms with Crippen LogP contribution in [0.4, 0.5) is 0 Å². The van der Waals surface area contributed by atoms with Gasteiger partial charge in [-0.1, -0.05) is 47.9 Å². The largest absolute Gasteiger partial charge is 0.348 e. The van der Waals surface area contributed by atoms with Crippen LogP contribution in [0.15, 0.2) is 77.4 Å². The second kappa shape index (κ2) is 11.3. The lowest BCUT2D eigenvalue weighted by Gasteiger charge is -2.30. The first-order chi connectivity index (χ1) is 15.3. The molecular formula is C26H31ClN4. The molecule has 2 aliphatic rings. The van der Waals surface area contributed by atoms with E-state index in [1.807, 2.05) is 24.5 Å². The van der Waals surface area contributed by atoms with Crippen LogP contribution < -0.4 is 0 Å². The summed E-state index contributed by atoms with van der Waals surface area (Å²) in [6.07, 6.45) is 22.0. The highest BCUT2D eigenvalue weighted by Gasteiger charge is 2.20. The van der Waals surface area contributed by atoms with E-state index < -0.39 is 0 Å². The van der Waals surface area contributed by atoms with Crippen molar-refractivity contribution in [3.05, 3.63) is 88.8 Å². The van der Waals surface area contributed by atoms with Gasteiger partial charge in [-0.05, 0) is 68.9 Å². The zero-order chi connectivity index (χ0) is 21.3. The van der Waals surface area contributed by atoms with Gasteiger partial charge in [-0.15, -0.1) is 0 Å². The fourth-order valence-corrected chi connectivity index (χ4v) is 4.53. The second-order valence-electron chi connectivity index (χ2n) is 8.24. The summed E-state index contributed by atoms with van der Waals surface area (Å²) >= 11 is 6.24. The van der Waals surface area contributed by atoms with Gasteiger partial charge in [0.2, 0.25) is 0 Å². The number of likely N-dealkylation sites (tertiary alicyclic amines) is 1. The van der Waals surface area contributed by atoms with Crippen LogP contribution >= 0.6 is 11.6 Å². The summed E-state index contributed by atoms with van der Waals surface area (Å²) in [5, 5.41) is 0.805. The monoisotopic (exact) mass is 434 g/mol. The van der Waals surface area contributed by atoms with Crippen LogP contribution in [0.3, 0.4) is 0 Å². The number of imidazole rings is 1. The van der Waals surface area contributed by atoms with E-state index in [9.17, 15) is 0 Å². The van der Waals surface area contributed by atoms with Crippen LogP contribution in [0, 0.1) is 0 Å². The summed E-state index contributed by atoms with van der Waals surface area (Å²) in [7, 11) is 0. The Hall–Kier alpha value is -2.43. The van der Waals surface area contributed by atoms with Crippen LogP contribution in [0.25, 0.3) is 5.57 Å². The van der Waals surface area contributed by atoms with Crippen molar-refractivity contribution in [3.63, 3.8) is 0 Å². The van der Waals surface area contributed by atoms with E-state index in [1.165, 1.54) is 48.2 Å². The Bertz CT molecular complexity index is 945. The van der Waals surface area contributed by atoms with Gasteiger partial charge >= 0.3 is 0 Å². The van der Waals surface area contributed by atoms with E-state index in [4.69, 9.17) is 11.6 Å². The molecule has 0 saturated carbocycles. The standard InChI is InChI=1S/C26H31ClN4/c27-23-8-6-7-21(11-12-23)26(25-10-3-4-15-29-25)22-13-17-31(18-14-22)16-5-1-2-9-24-19-28-20-30-24/h3-4,7-8,10-12,15,19-20H,1-2,5-6,9,13-14,16-18H2,(H,28,30). The molecule has 3 heterocycles. The maximum Gasteiger partial charge on any atom is 0.0921 e. The molecule has 1 aliphatic carbocycles. The number of unbranched alkanes of at least 4 members (excludes halogenated alkanes) is 2. The molecule has 1 aliphatic heterocycles. The van der Waals surface area contributed by atoms with Crippen molar-refractivity contribution in [3.8, 4) is 0 Å². The first kappa shape index (κ1) is 21.8. The molecule has 2 aromatic rings. The predicted octanol–water partition coefficient (Wildman–Crippen LogP) is 6.08. The number of allylic oxidation sites excluding steroid dienone is 7. The molecule has 4 nitrogen and oxygen atoms in total. The third-order valence-electron chi connectivity index (χ3n) is 6.07. The zero-order valence-electron chi connectivity index (χ0n) is 18.1. The van der Waals surface area contributed by atoms with Crippen molar-refractivity contribution in [2.75, 3.05) is 19.6 Å². The van der Waals surface area contributed by atoms with Crippen molar-refractivity contribution < 1.29 is 0 Å². The Balaban J connectivity index is 1.35. The highest BCUT2D eigenvalue weighted by molar-refractivity contribution is 6.31. The number of H-pyrrole nitrogens is 1. The van der Waals surface area contributed by atoms with Crippen LogP contribution in [0.5, 0.6) is 0 Å². The smallest absolute Gasteiger partial charge is 0.0921 e. The van der Waals surface area contributed by atoms with E-state index in [-0.39, 0.29) is 0 Å². The Labute approximate surface area is 190 Å². The topological polar surface area (TPSA) is 44.8 Å². The average molecular weight is 435 g/mol. The van der Waals surface area contributed by atoms with Gasteiger partial charge in [-0.2, -0.15) is 0 Å². The maximum absolute atomic E-state index is 6.24. The third-order valence-corrected chi connectivity index (χ3v) is 6.35. The number of piperidine rings is 1. The fourth-order valence-electron chi connectivity index (χ4n) is 4.38. The number of aromatic nitrogens is 3. The van der Waals surface area contributed by atoms with Gasteiger partial charge < -0.3 is 9.88 Å². The summed E-state index contributed by atoms with van der Waals surface area (Å²) in [4.78, 5) is 14.6. The molecule has 0 aromatic carbocycles. The number of hydrogen-bond donors (Lipinski definition) is 1. The molecule has 162 valence electrons. The maximum atomic E-state index is 6.24. The lowest BCUT2D eigenvalue weighted by atomic mass is 9.90.